The van der Waals surface area contributed by atoms with Gasteiger partial charge in [0.2, 0.25) is 5.91 Å². The Morgan fingerprint density at radius 2 is 1.96 bits per heavy atom. The molecule has 1 aliphatic heterocycles. The van der Waals surface area contributed by atoms with E-state index in [9.17, 15) is 9.59 Å². The summed E-state index contributed by atoms with van der Waals surface area (Å²) in [5.41, 5.74) is 2.24. The Kier molecular flexibility index (Phi) is 7.49. The number of rotatable bonds is 7. The molecule has 0 unspecified atom stereocenters. The lowest BCUT2D eigenvalue weighted by atomic mass is 9.96. The van der Waals surface area contributed by atoms with E-state index in [0.717, 1.165) is 37.1 Å². The van der Waals surface area contributed by atoms with Crippen LogP contribution in [0, 0.1) is 12.8 Å². The molecule has 1 aromatic carbocycles. The predicted molar refractivity (Wildman–Crippen MR) is 103 cm³/mol. The minimum atomic E-state index is -0.00762. The first-order valence-corrected chi connectivity index (χ1v) is 9.71. The van der Waals surface area contributed by atoms with Crippen LogP contribution in [0.1, 0.15) is 57.1 Å². The molecule has 1 aliphatic rings. The van der Waals surface area contributed by atoms with E-state index in [1.165, 1.54) is 5.56 Å². The molecule has 1 N–H and O–H groups in total. The summed E-state index contributed by atoms with van der Waals surface area (Å²) < 4.78 is 5.80. The summed E-state index contributed by atoms with van der Waals surface area (Å²) in [6, 6.07) is 6.16. The Labute approximate surface area is 157 Å². The minimum absolute atomic E-state index is 0.00762. The van der Waals surface area contributed by atoms with Crippen molar-refractivity contribution in [3.05, 3.63) is 29.3 Å². The van der Waals surface area contributed by atoms with Gasteiger partial charge in [0.1, 0.15) is 5.75 Å². The number of likely N-dealkylation sites (tertiary alicyclic amines) is 1. The fraction of sp³-hybridized carbons (Fsp3) is 0.619. The van der Waals surface area contributed by atoms with Crippen molar-refractivity contribution in [3.63, 3.8) is 0 Å². The molecule has 1 aromatic rings. The molecule has 2 rings (SSSR count). The summed E-state index contributed by atoms with van der Waals surface area (Å²) in [5.74, 6) is 1.34. The molecule has 0 saturated carbocycles. The Morgan fingerprint density at radius 1 is 1.27 bits per heavy atom. The molecule has 1 fully saturated rings. The van der Waals surface area contributed by atoms with Crippen molar-refractivity contribution in [2.45, 2.75) is 52.9 Å². The number of carbonyl (C=O) groups is 2. The topological polar surface area (TPSA) is 58.6 Å². The van der Waals surface area contributed by atoms with Crippen molar-refractivity contribution < 1.29 is 14.3 Å². The van der Waals surface area contributed by atoms with Gasteiger partial charge in [0.05, 0.1) is 0 Å². The average molecular weight is 360 g/mol. The lowest BCUT2D eigenvalue weighted by Gasteiger charge is -2.31. The van der Waals surface area contributed by atoms with Crippen LogP contribution >= 0.6 is 0 Å². The third-order valence-corrected chi connectivity index (χ3v) is 5.00. The van der Waals surface area contributed by atoms with Crippen LogP contribution in [0.25, 0.3) is 0 Å². The molecule has 2 amide bonds. The van der Waals surface area contributed by atoms with Crippen molar-refractivity contribution in [2.24, 2.45) is 5.92 Å². The van der Waals surface area contributed by atoms with Crippen LogP contribution in [0.3, 0.4) is 0 Å². The number of piperidine rings is 1. The summed E-state index contributed by atoms with van der Waals surface area (Å²) in [7, 11) is 0. The first-order chi connectivity index (χ1) is 12.4. The maximum absolute atomic E-state index is 12.5. The van der Waals surface area contributed by atoms with Crippen LogP contribution < -0.4 is 10.1 Å². The lowest BCUT2D eigenvalue weighted by molar-refractivity contribution is -0.137. The zero-order valence-corrected chi connectivity index (χ0v) is 16.5. The van der Waals surface area contributed by atoms with Gasteiger partial charge in [0, 0.05) is 25.6 Å². The van der Waals surface area contributed by atoms with Gasteiger partial charge in [-0.25, -0.2) is 0 Å². The molecular formula is C21H32N2O3. The highest BCUT2D eigenvalue weighted by Gasteiger charge is 2.27. The van der Waals surface area contributed by atoms with E-state index < -0.39 is 0 Å². The van der Waals surface area contributed by atoms with E-state index >= 15 is 0 Å². The van der Waals surface area contributed by atoms with Crippen molar-refractivity contribution in [1.29, 1.82) is 0 Å². The number of aryl methyl sites for hydroxylation is 1. The molecule has 0 aromatic heterocycles. The zero-order valence-electron chi connectivity index (χ0n) is 16.5. The summed E-state index contributed by atoms with van der Waals surface area (Å²) >= 11 is 0. The number of nitrogens with zero attached hydrogens (tertiary/aromatic N) is 1. The van der Waals surface area contributed by atoms with Crippen molar-refractivity contribution >= 4 is 11.8 Å². The number of carbonyl (C=O) groups excluding carboxylic acids is 2. The van der Waals surface area contributed by atoms with Gasteiger partial charge < -0.3 is 15.0 Å². The highest BCUT2D eigenvalue weighted by molar-refractivity contribution is 5.80. The smallest absolute Gasteiger partial charge is 0.260 e. The first-order valence-electron chi connectivity index (χ1n) is 9.71. The van der Waals surface area contributed by atoms with Gasteiger partial charge in [0.25, 0.3) is 5.91 Å². The normalized spacial score (nSPS) is 15.2. The molecule has 5 heteroatoms. The Hall–Kier alpha value is -2.04. The van der Waals surface area contributed by atoms with E-state index in [-0.39, 0.29) is 24.3 Å². The average Bonchev–Trinajstić information content (AvgIpc) is 2.65. The second kappa shape index (κ2) is 9.60. The molecule has 5 nitrogen and oxygen atoms in total. The molecule has 0 aliphatic carbocycles. The number of hydrogen-bond donors (Lipinski definition) is 1. The van der Waals surface area contributed by atoms with Crippen LogP contribution in [0.2, 0.25) is 0 Å². The monoisotopic (exact) mass is 360 g/mol. The molecule has 26 heavy (non-hydrogen) atoms. The third-order valence-electron chi connectivity index (χ3n) is 5.00. The van der Waals surface area contributed by atoms with Crippen LogP contribution in [0.4, 0.5) is 0 Å². The van der Waals surface area contributed by atoms with Crippen molar-refractivity contribution in [1.82, 2.24) is 10.2 Å². The maximum Gasteiger partial charge on any atom is 0.260 e. The second-order valence-corrected chi connectivity index (χ2v) is 7.41. The molecule has 0 bridgehead atoms. The summed E-state index contributed by atoms with van der Waals surface area (Å²) in [6.45, 7) is 10.3. The van der Waals surface area contributed by atoms with Crippen LogP contribution in [-0.4, -0.2) is 43.0 Å². The van der Waals surface area contributed by atoms with Gasteiger partial charge in [-0.2, -0.15) is 0 Å². The van der Waals surface area contributed by atoms with Crippen LogP contribution in [-0.2, 0) is 9.59 Å². The van der Waals surface area contributed by atoms with Crippen LogP contribution in [0.5, 0.6) is 5.75 Å². The molecule has 1 saturated heterocycles. The van der Waals surface area contributed by atoms with Gasteiger partial charge in [-0.05, 0) is 49.3 Å². The van der Waals surface area contributed by atoms with E-state index in [1.54, 1.807) is 0 Å². The molecule has 144 valence electrons. The summed E-state index contributed by atoms with van der Waals surface area (Å²) in [4.78, 5) is 26.3. The van der Waals surface area contributed by atoms with Gasteiger partial charge >= 0.3 is 0 Å². The minimum Gasteiger partial charge on any atom is -0.483 e. The molecule has 1 heterocycles. The molecule has 0 radical (unpaired) electrons. The van der Waals surface area contributed by atoms with Gasteiger partial charge in [-0.3, -0.25) is 9.59 Å². The highest BCUT2D eigenvalue weighted by Crippen LogP contribution is 2.24. The van der Waals surface area contributed by atoms with E-state index in [0.29, 0.717) is 19.0 Å². The Morgan fingerprint density at radius 3 is 2.58 bits per heavy atom. The maximum atomic E-state index is 12.5. The van der Waals surface area contributed by atoms with Crippen molar-refractivity contribution in [3.8, 4) is 5.75 Å². The zero-order chi connectivity index (χ0) is 19.1. The first kappa shape index (κ1) is 20.3. The largest absolute Gasteiger partial charge is 0.483 e. The quantitative estimate of drug-likeness (QED) is 0.812. The van der Waals surface area contributed by atoms with Gasteiger partial charge in [-0.1, -0.05) is 32.9 Å². The van der Waals surface area contributed by atoms with Gasteiger partial charge in [0.15, 0.2) is 6.61 Å². The predicted octanol–water partition coefficient (Wildman–Crippen LogP) is 3.26. The van der Waals surface area contributed by atoms with E-state index in [1.807, 2.05) is 30.9 Å². The highest BCUT2D eigenvalue weighted by atomic mass is 16.5. The fourth-order valence-electron chi connectivity index (χ4n) is 3.15. The van der Waals surface area contributed by atoms with Crippen LogP contribution in [0.15, 0.2) is 18.2 Å². The Balaban J connectivity index is 1.83. The van der Waals surface area contributed by atoms with Crippen molar-refractivity contribution in [2.75, 3.05) is 26.2 Å². The molecule has 0 spiro atoms. The van der Waals surface area contributed by atoms with E-state index in [4.69, 9.17) is 4.74 Å². The number of ether oxygens (including phenoxy) is 1. The Bertz CT molecular complexity index is 620. The third kappa shape index (κ3) is 5.48. The molecule has 0 atom stereocenters. The SMILES string of the molecule is CCCNC(=O)C1CCN(C(=O)COc2cc(C(C)C)ccc2C)CC1. The number of benzene rings is 1. The standard InChI is InChI=1S/C21H32N2O3/c1-5-10-22-21(25)17-8-11-23(12-9-17)20(24)14-26-19-13-18(15(2)3)7-6-16(19)4/h6-7,13,15,17H,5,8-12,14H2,1-4H3,(H,22,25). The summed E-state index contributed by atoms with van der Waals surface area (Å²) in [5, 5.41) is 2.95. The summed E-state index contributed by atoms with van der Waals surface area (Å²) in [6.07, 6.45) is 2.39. The molecular weight excluding hydrogens is 328 g/mol. The van der Waals surface area contributed by atoms with E-state index in [2.05, 4.69) is 25.2 Å². The number of amides is 2. The van der Waals surface area contributed by atoms with Gasteiger partial charge in [-0.15, -0.1) is 0 Å². The second-order valence-electron chi connectivity index (χ2n) is 7.41. The number of nitrogens with one attached hydrogen (secondary N) is 1. The lowest BCUT2D eigenvalue weighted by Crippen LogP contribution is -2.44. The number of hydrogen-bond acceptors (Lipinski definition) is 3. The fourth-order valence-corrected chi connectivity index (χ4v) is 3.15.